The molecule has 0 saturated heterocycles. The van der Waals surface area contributed by atoms with Crippen molar-refractivity contribution in [2.75, 3.05) is 0 Å². The molecule has 0 aliphatic rings. The standard InChI is InChI=1S/C16H7FN4O2/c17-13-3-1-10(2-4-13)15(9-20)14-5-11(7-18)12(8-19)6-16(14)21(22)23/h1-6,15H. The van der Waals surface area contributed by atoms with E-state index in [1.165, 1.54) is 12.1 Å². The van der Waals surface area contributed by atoms with Crippen LogP contribution in [0.5, 0.6) is 0 Å². The van der Waals surface area contributed by atoms with Gasteiger partial charge in [0, 0.05) is 6.07 Å². The van der Waals surface area contributed by atoms with Crippen LogP contribution in [0.15, 0.2) is 36.4 Å². The van der Waals surface area contributed by atoms with E-state index in [-0.39, 0.29) is 16.7 Å². The van der Waals surface area contributed by atoms with Crippen LogP contribution in [0.25, 0.3) is 0 Å². The molecular weight excluding hydrogens is 299 g/mol. The Morgan fingerprint density at radius 3 is 2.09 bits per heavy atom. The maximum atomic E-state index is 13.0. The summed E-state index contributed by atoms with van der Waals surface area (Å²) in [6, 6.07) is 12.5. The Labute approximate surface area is 130 Å². The molecule has 2 rings (SSSR count). The number of nitrogens with zero attached hydrogens (tertiary/aromatic N) is 4. The third-order valence-electron chi connectivity index (χ3n) is 3.25. The van der Waals surface area contributed by atoms with Gasteiger partial charge in [-0.2, -0.15) is 15.8 Å². The van der Waals surface area contributed by atoms with Gasteiger partial charge in [0.15, 0.2) is 0 Å². The van der Waals surface area contributed by atoms with Gasteiger partial charge in [0.1, 0.15) is 23.9 Å². The van der Waals surface area contributed by atoms with Crippen molar-refractivity contribution in [1.82, 2.24) is 0 Å². The Kier molecular flexibility index (Phi) is 4.31. The lowest BCUT2D eigenvalue weighted by Gasteiger charge is -2.11. The van der Waals surface area contributed by atoms with Crippen molar-refractivity contribution in [2.24, 2.45) is 0 Å². The van der Waals surface area contributed by atoms with E-state index in [2.05, 4.69) is 0 Å². The van der Waals surface area contributed by atoms with Crippen molar-refractivity contribution in [1.29, 1.82) is 15.8 Å². The lowest BCUT2D eigenvalue weighted by Crippen LogP contribution is -2.05. The molecule has 2 aromatic carbocycles. The summed E-state index contributed by atoms with van der Waals surface area (Å²) in [5.41, 5.74) is -0.295. The second-order valence-electron chi connectivity index (χ2n) is 4.55. The number of benzene rings is 2. The van der Waals surface area contributed by atoms with Gasteiger partial charge in [0.05, 0.1) is 27.7 Å². The first kappa shape index (κ1) is 15.6. The van der Waals surface area contributed by atoms with Gasteiger partial charge in [0.2, 0.25) is 0 Å². The number of nitro benzene ring substituents is 1. The predicted molar refractivity (Wildman–Crippen MR) is 76.4 cm³/mol. The Morgan fingerprint density at radius 2 is 1.61 bits per heavy atom. The minimum atomic E-state index is -1.06. The average Bonchev–Trinajstić information content (AvgIpc) is 2.56. The second kappa shape index (κ2) is 6.34. The van der Waals surface area contributed by atoms with Crippen molar-refractivity contribution >= 4 is 5.69 Å². The molecule has 0 heterocycles. The quantitative estimate of drug-likeness (QED) is 0.638. The number of hydrogen-bond donors (Lipinski definition) is 0. The van der Waals surface area contributed by atoms with E-state index >= 15 is 0 Å². The van der Waals surface area contributed by atoms with E-state index in [9.17, 15) is 19.8 Å². The molecule has 0 radical (unpaired) electrons. The summed E-state index contributed by atoms with van der Waals surface area (Å²) in [6.45, 7) is 0. The van der Waals surface area contributed by atoms with Gasteiger partial charge in [0.25, 0.3) is 5.69 Å². The van der Waals surface area contributed by atoms with Crippen LogP contribution in [0.3, 0.4) is 0 Å². The van der Waals surface area contributed by atoms with E-state index in [1.54, 1.807) is 12.1 Å². The number of hydrogen-bond acceptors (Lipinski definition) is 5. The van der Waals surface area contributed by atoms with Gasteiger partial charge in [-0.1, -0.05) is 12.1 Å². The van der Waals surface area contributed by atoms with E-state index in [1.807, 2.05) is 6.07 Å². The van der Waals surface area contributed by atoms with Gasteiger partial charge in [-0.15, -0.1) is 0 Å². The van der Waals surface area contributed by atoms with Crippen LogP contribution in [0.4, 0.5) is 10.1 Å². The summed E-state index contributed by atoms with van der Waals surface area (Å²) in [5.74, 6) is -1.56. The number of nitro groups is 1. The number of nitriles is 3. The lowest BCUT2D eigenvalue weighted by atomic mass is 9.89. The molecule has 0 amide bonds. The molecule has 1 atom stereocenters. The van der Waals surface area contributed by atoms with Gasteiger partial charge in [-0.05, 0) is 23.8 Å². The lowest BCUT2D eigenvalue weighted by molar-refractivity contribution is -0.385. The summed E-state index contributed by atoms with van der Waals surface area (Å²) >= 11 is 0. The molecule has 6 nitrogen and oxygen atoms in total. The predicted octanol–water partition coefficient (Wildman–Crippen LogP) is 3.13. The van der Waals surface area contributed by atoms with E-state index in [0.29, 0.717) is 5.56 Å². The SMILES string of the molecule is N#Cc1cc(C(C#N)c2ccc(F)cc2)c([N+](=O)[O-])cc1C#N. The Balaban J connectivity index is 2.71. The molecule has 110 valence electrons. The second-order valence-corrected chi connectivity index (χ2v) is 4.55. The fraction of sp³-hybridized carbons (Fsp3) is 0.0625. The molecule has 1 unspecified atom stereocenters. The van der Waals surface area contributed by atoms with E-state index in [0.717, 1.165) is 24.3 Å². The minimum Gasteiger partial charge on any atom is -0.258 e. The Hall–Kier alpha value is -3.76. The average molecular weight is 306 g/mol. The van der Waals surface area contributed by atoms with Crippen molar-refractivity contribution in [3.8, 4) is 18.2 Å². The molecule has 0 bridgehead atoms. The molecule has 0 spiro atoms. The fourth-order valence-corrected chi connectivity index (χ4v) is 2.16. The topological polar surface area (TPSA) is 115 Å². The van der Waals surface area contributed by atoms with Gasteiger partial charge < -0.3 is 0 Å². The molecule has 0 aliphatic carbocycles. The molecule has 7 heteroatoms. The van der Waals surface area contributed by atoms with Crippen molar-refractivity contribution in [3.63, 3.8) is 0 Å². The third kappa shape index (κ3) is 2.97. The van der Waals surface area contributed by atoms with Crippen LogP contribution < -0.4 is 0 Å². The largest absolute Gasteiger partial charge is 0.275 e. The molecule has 0 aromatic heterocycles. The molecule has 0 aliphatic heterocycles. The van der Waals surface area contributed by atoms with Crippen LogP contribution in [0.1, 0.15) is 28.2 Å². The maximum Gasteiger partial charge on any atom is 0.275 e. The number of rotatable bonds is 3. The molecular formula is C16H7FN4O2. The zero-order chi connectivity index (χ0) is 17.0. The molecule has 2 aromatic rings. The van der Waals surface area contributed by atoms with E-state index in [4.69, 9.17) is 10.5 Å². The van der Waals surface area contributed by atoms with Gasteiger partial charge >= 0.3 is 0 Å². The monoisotopic (exact) mass is 306 g/mol. The first-order valence-corrected chi connectivity index (χ1v) is 6.29. The van der Waals surface area contributed by atoms with Crippen LogP contribution in [-0.2, 0) is 0 Å². The van der Waals surface area contributed by atoms with Gasteiger partial charge in [-0.25, -0.2) is 4.39 Å². The summed E-state index contributed by atoms with van der Waals surface area (Å²) in [6.07, 6.45) is 0. The van der Waals surface area contributed by atoms with Crippen LogP contribution in [-0.4, -0.2) is 4.92 Å². The van der Waals surface area contributed by atoms with Crippen LogP contribution in [0.2, 0.25) is 0 Å². The summed E-state index contributed by atoms with van der Waals surface area (Å²) in [5, 5.41) is 38.6. The minimum absolute atomic E-state index is 0.0142. The van der Waals surface area contributed by atoms with Crippen molar-refractivity contribution in [2.45, 2.75) is 5.92 Å². The highest BCUT2D eigenvalue weighted by Gasteiger charge is 2.26. The van der Waals surface area contributed by atoms with Crippen molar-refractivity contribution < 1.29 is 9.31 Å². The first-order valence-electron chi connectivity index (χ1n) is 6.29. The first-order chi connectivity index (χ1) is 11.0. The smallest absolute Gasteiger partial charge is 0.258 e. The molecule has 23 heavy (non-hydrogen) atoms. The highest BCUT2D eigenvalue weighted by Crippen LogP contribution is 2.33. The Morgan fingerprint density at radius 1 is 1.04 bits per heavy atom. The summed E-state index contributed by atoms with van der Waals surface area (Å²) < 4.78 is 13.0. The van der Waals surface area contributed by atoms with Crippen LogP contribution in [0, 0.1) is 49.9 Å². The van der Waals surface area contributed by atoms with E-state index < -0.39 is 22.3 Å². The van der Waals surface area contributed by atoms with Crippen LogP contribution >= 0.6 is 0 Å². The van der Waals surface area contributed by atoms with Gasteiger partial charge in [-0.3, -0.25) is 10.1 Å². The molecule has 0 fully saturated rings. The normalized spacial score (nSPS) is 10.9. The molecule has 0 saturated carbocycles. The maximum absolute atomic E-state index is 13.0. The summed E-state index contributed by atoms with van der Waals surface area (Å²) in [4.78, 5) is 10.5. The fourth-order valence-electron chi connectivity index (χ4n) is 2.16. The zero-order valence-electron chi connectivity index (χ0n) is 11.5. The summed E-state index contributed by atoms with van der Waals surface area (Å²) in [7, 11) is 0. The van der Waals surface area contributed by atoms with Crippen molar-refractivity contribution in [3.05, 3.63) is 74.6 Å². The Bertz CT molecular complexity index is 902. The molecule has 0 N–H and O–H groups in total. The zero-order valence-corrected chi connectivity index (χ0v) is 11.5. The highest BCUT2D eigenvalue weighted by atomic mass is 19.1. The third-order valence-corrected chi connectivity index (χ3v) is 3.25. The number of halogens is 1. The highest BCUT2D eigenvalue weighted by molar-refractivity contribution is 5.59.